The van der Waals surface area contributed by atoms with Crippen molar-refractivity contribution in [2.75, 3.05) is 0 Å². The largest absolute Gasteiger partial charge is 0.309 e. The zero-order valence-electron chi connectivity index (χ0n) is 28.3. The van der Waals surface area contributed by atoms with Crippen molar-refractivity contribution in [1.82, 2.24) is 14.1 Å². The van der Waals surface area contributed by atoms with E-state index in [9.17, 15) is 0 Å². The summed E-state index contributed by atoms with van der Waals surface area (Å²) in [6, 6.07) is 51.6. The smallest absolute Gasteiger partial charge is 0.0556 e. The van der Waals surface area contributed by atoms with Crippen molar-refractivity contribution in [2.24, 2.45) is 0 Å². The number of allylic oxidation sites excluding steroid dienone is 1. The molecular formula is C49H31N3. The van der Waals surface area contributed by atoms with Gasteiger partial charge >= 0.3 is 0 Å². The molecule has 10 aromatic rings. The summed E-state index contributed by atoms with van der Waals surface area (Å²) < 4.78 is 4.87. The molecular weight excluding hydrogens is 631 g/mol. The summed E-state index contributed by atoms with van der Waals surface area (Å²) in [5, 5.41) is 7.60. The molecule has 0 aliphatic heterocycles. The standard InChI is InChI=1S/C49H31N3/c1-2-11-33(12-3-1)51-45-23-20-32(27-40(45)49-34-13-5-4-10-30(34)18-24-47(49)51)31-19-22-44-39(26-31)37-16-8-9-17-43(37)52(44)46-25-21-38-35-14-6-7-15-36(35)41-28-50-29-42(46)48(38)41/h1-3,5-9,11-29H,4,10H2. The maximum Gasteiger partial charge on any atom is 0.0556 e. The summed E-state index contributed by atoms with van der Waals surface area (Å²) in [5.74, 6) is 0. The lowest BCUT2D eigenvalue weighted by Gasteiger charge is -2.13. The number of rotatable bonds is 3. The third-order valence-electron chi connectivity index (χ3n) is 11.6. The van der Waals surface area contributed by atoms with Crippen LogP contribution >= 0.6 is 0 Å². The fourth-order valence-corrected chi connectivity index (χ4v) is 9.33. The van der Waals surface area contributed by atoms with Crippen LogP contribution < -0.4 is 0 Å². The van der Waals surface area contributed by atoms with Crippen LogP contribution in [0.5, 0.6) is 0 Å². The molecule has 0 spiro atoms. The normalized spacial score (nSPS) is 13.2. The first kappa shape index (κ1) is 28.0. The molecule has 3 heteroatoms. The molecule has 12 rings (SSSR count). The molecule has 2 aliphatic carbocycles. The quantitative estimate of drug-likeness (QED) is 0.185. The molecule has 0 amide bonds. The molecule has 0 atom stereocenters. The Morgan fingerprint density at radius 3 is 2.04 bits per heavy atom. The molecule has 0 N–H and O–H groups in total. The van der Waals surface area contributed by atoms with Crippen molar-refractivity contribution in [3.63, 3.8) is 0 Å². The molecule has 52 heavy (non-hydrogen) atoms. The van der Waals surface area contributed by atoms with Crippen LogP contribution in [-0.2, 0) is 6.42 Å². The van der Waals surface area contributed by atoms with Gasteiger partial charge in [0.15, 0.2) is 0 Å². The minimum Gasteiger partial charge on any atom is -0.309 e. The van der Waals surface area contributed by atoms with E-state index < -0.39 is 0 Å². The highest BCUT2D eigenvalue weighted by Gasteiger charge is 2.25. The maximum absolute atomic E-state index is 4.78. The number of hydrogen-bond acceptors (Lipinski definition) is 1. The number of nitrogens with zero attached hydrogens (tertiary/aromatic N) is 3. The highest BCUT2D eigenvalue weighted by molar-refractivity contribution is 6.19. The fourth-order valence-electron chi connectivity index (χ4n) is 9.33. The van der Waals surface area contributed by atoms with Gasteiger partial charge in [-0.1, -0.05) is 97.1 Å². The summed E-state index contributed by atoms with van der Waals surface area (Å²) >= 11 is 0. The van der Waals surface area contributed by atoms with Gasteiger partial charge in [0.1, 0.15) is 0 Å². The third-order valence-corrected chi connectivity index (χ3v) is 11.6. The summed E-state index contributed by atoms with van der Waals surface area (Å²) in [6.45, 7) is 0. The van der Waals surface area contributed by atoms with Crippen molar-refractivity contribution in [3.8, 4) is 44.8 Å². The van der Waals surface area contributed by atoms with Gasteiger partial charge in [0.05, 0.1) is 27.8 Å². The van der Waals surface area contributed by atoms with E-state index in [2.05, 4.69) is 161 Å². The number of hydrogen-bond donors (Lipinski definition) is 0. The molecule has 2 aliphatic rings. The summed E-state index contributed by atoms with van der Waals surface area (Å²) in [7, 11) is 0. The first-order chi connectivity index (χ1) is 25.8. The van der Waals surface area contributed by atoms with Gasteiger partial charge in [-0.15, -0.1) is 0 Å². The molecule has 7 aromatic carbocycles. The Bertz CT molecular complexity index is 3140. The predicted molar refractivity (Wildman–Crippen MR) is 218 cm³/mol. The van der Waals surface area contributed by atoms with Gasteiger partial charge in [-0.05, 0) is 106 Å². The fraction of sp³-hybridized carbons (Fsp3) is 0.0408. The van der Waals surface area contributed by atoms with Gasteiger partial charge in [-0.2, -0.15) is 0 Å². The Kier molecular flexibility index (Phi) is 5.61. The van der Waals surface area contributed by atoms with Crippen molar-refractivity contribution >= 4 is 60.5 Å². The molecule has 0 saturated carbocycles. The van der Waals surface area contributed by atoms with Crippen molar-refractivity contribution in [1.29, 1.82) is 0 Å². The first-order valence-corrected chi connectivity index (χ1v) is 18.2. The topological polar surface area (TPSA) is 22.8 Å². The number of aryl methyl sites for hydroxylation is 1. The van der Waals surface area contributed by atoms with Crippen LogP contribution in [0, 0.1) is 0 Å². The van der Waals surface area contributed by atoms with E-state index in [1.165, 1.54) is 105 Å². The molecule has 0 radical (unpaired) electrons. The molecule has 3 aromatic heterocycles. The second-order valence-corrected chi connectivity index (χ2v) is 14.2. The van der Waals surface area contributed by atoms with E-state index in [1.807, 2.05) is 12.4 Å². The van der Waals surface area contributed by atoms with Crippen LogP contribution in [0.15, 0.2) is 158 Å². The highest BCUT2D eigenvalue weighted by atomic mass is 15.0. The summed E-state index contributed by atoms with van der Waals surface area (Å²) in [6.07, 6.45) is 10.9. The van der Waals surface area contributed by atoms with E-state index in [4.69, 9.17) is 4.98 Å². The minimum absolute atomic E-state index is 1.09. The van der Waals surface area contributed by atoms with E-state index in [-0.39, 0.29) is 0 Å². The lowest BCUT2D eigenvalue weighted by Crippen LogP contribution is -1.96. The zero-order valence-corrected chi connectivity index (χ0v) is 28.3. The lowest BCUT2D eigenvalue weighted by molar-refractivity contribution is 0.989. The average Bonchev–Trinajstić information content (AvgIpc) is 3.85. The Morgan fingerprint density at radius 2 is 1.17 bits per heavy atom. The summed E-state index contributed by atoms with van der Waals surface area (Å²) in [4.78, 5) is 4.78. The minimum atomic E-state index is 1.09. The Morgan fingerprint density at radius 1 is 0.462 bits per heavy atom. The van der Waals surface area contributed by atoms with Crippen LogP contribution in [0.2, 0.25) is 0 Å². The molecule has 0 unspecified atom stereocenters. The van der Waals surface area contributed by atoms with Gasteiger partial charge in [-0.25, -0.2) is 0 Å². The Labute approximate surface area is 300 Å². The number of benzene rings is 7. The molecule has 3 nitrogen and oxygen atoms in total. The maximum atomic E-state index is 4.78. The van der Waals surface area contributed by atoms with E-state index >= 15 is 0 Å². The summed E-state index contributed by atoms with van der Waals surface area (Å²) in [5.41, 5.74) is 17.5. The average molecular weight is 662 g/mol. The second kappa shape index (κ2) is 10.4. The van der Waals surface area contributed by atoms with Crippen LogP contribution in [0.4, 0.5) is 0 Å². The van der Waals surface area contributed by atoms with E-state index in [1.54, 1.807) is 0 Å². The van der Waals surface area contributed by atoms with Crippen molar-refractivity contribution in [3.05, 3.63) is 169 Å². The highest BCUT2D eigenvalue weighted by Crippen LogP contribution is 2.49. The van der Waals surface area contributed by atoms with Crippen LogP contribution in [0.1, 0.15) is 17.5 Å². The number of para-hydroxylation sites is 2. The molecule has 0 fully saturated rings. The van der Waals surface area contributed by atoms with E-state index in [0.717, 1.165) is 18.5 Å². The lowest BCUT2D eigenvalue weighted by atomic mass is 9.92. The molecule has 0 bridgehead atoms. The molecule has 242 valence electrons. The van der Waals surface area contributed by atoms with Gasteiger partial charge in [0.25, 0.3) is 0 Å². The van der Waals surface area contributed by atoms with Crippen molar-refractivity contribution < 1.29 is 0 Å². The zero-order chi connectivity index (χ0) is 33.9. The number of aromatic nitrogens is 3. The van der Waals surface area contributed by atoms with Crippen molar-refractivity contribution in [2.45, 2.75) is 12.8 Å². The Balaban J connectivity index is 1.09. The van der Waals surface area contributed by atoms with Gasteiger partial charge < -0.3 is 9.13 Å². The molecule has 3 heterocycles. The van der Waals surface area contributed by atoms with Crippen LogP contribution in [0.3, 0.4) is 0 Å². The third kappa shape index (κ3) is 3.72. The second-order valence-electron chi connectivity index (χ2n) is 14.2. The number of pyridine rings is 1. The van der Waals surface area contributed by atoms with Crippen LogP contribution in [0.25, 0.3) is 105 Å². The van der Waals surface area contributed by atoms with Gasteiger partial charge in [0.2, 0.25) is 0 Å². The first-order valence-electron chi connectivity index (χ1n) is 18.2. The SMILES string of the molecule is C1=Cc2c(ccc3c2c2cc(-c4ccc5c(c4)c4ccccc4n5-c4ccc5c6c(cncc46)-c4ccccc4-5)ccc2n3-c2ccccc2)CC1. The van der Waals surface area contributed by atoms with Crippen LogP contribution in [-0.4, -0.2) is 14.1 Å². The van der Waals surface area contributed by atoms with E-state index in [0.29, 0.717) is 0 Å². The monoisotopic (exact) mass is 661 g/mol. The van der Waals surface area contributed by atoms with Gasteiger partial charge in [0, 0.05) is 56.0 Å². The Hall–Kier alpha value is -6.71. The predicted octanol–water partition coefficient (Wildman–Crippen LogP) is 12.7. The number of fused-ring (bicyclic) bond motifs is 11. The molecule has 0 saturated heterocycles. The van der Waals surface area contributed by atoms with Gasteiger partial charge in [-0.3, -0.25) is 4.98 Å².